The Morgan fingerprint density at radius 1 is 1.15 bits per heavy atom. The predicted octanol–water partition coefficient (Wildman–Crippen LogP) is 1.71. The highest BCUT2D eigenvalue weighted by Gasteiger charge is 2.32. The van der Waals surface area contributed by atoms with E-state index >= 15 is 0 Å². The molecule has 1 aliphatic carbocycles. The molecule has 1 N–H and O–H groups in total. The molecule has 0 radical (unpaired) electrons. The molecular formula is C9H12O3S. The number of hydrogen-bond acceptors (Lipinski definition) is 2. The van der Waals surface area contributed by atoms with Gasteiger partial charge in [-0.1, -0.05) is 25.3 Å². The maximum atomic E-state index is 10.9. The van der Waals surface area contributed by atoms with E-state index in [1.807, 2.05) is 0 Å². The third kappa shape index (κ3) is 2.08. The molecule has 72 valence electrons. The molecule has 0 aromatic carbocycles. The second-order valence-corrected chi connectivity index (χ2v) is 4.82. The topological polar surface area (TPSA) is 54.4 Å². The third-order valence-corrected chi connectivity index (χ3v) is 3.26. The maximum Gasteiger partial charge on any atom is 0.275 e. The zero-order valence-electron chi connectivity index (χ0n) is 7.28. The van der Waals surface area contributed by atoms with Gasteiger partial charge in [0.15, 0.2) is 0 Å². The Morgan fingerprint density at radius 3 is 1.85 bits per heavy atom. The average Bonchev–Trinajstić information content (AvgIpc) is 1.78. The van der Waals surface area contributed by atoms with E-state index in [4.69, 9.17) is 4.55 Å². The Labute approximate surface area is 78.2 Å². The summed E-state index contributed by atoms with van der Waals surface area (Å²) in [6.07, 6.45) is 0.896. The van der Waals surface area contributed by atoms with Crippen molar-refractivity contribution in [1.82, 2.24) is 0 Å². The zero-order chi connectivity index (χ0) is 10.2. The van der Waals surface area contributed by atoms with E-state index in [9.17, 15) is 8.42 Å². The Bertz CT molecular complexity index is 356. The summed E-state index contributed by atoms with van der Waals surface area (Å²) in [5.41, 5.74) is 1.78. The van der Waals surface area contributed by atoms with Crippen LogP contribution < -0.4 is 0 Å². The predicted molar refractivity (Wildman–Crippen MR) is 52.0 cm³/mol. The fourth-order valence-corrected chi connectivity index (χ4v) is 2.61. The van der Waals surface area contributed by atoms with Gasteiger partial charge >= 0.3 is 0 Å². The summed E-state index contributed by atoms with van der Waals surface area (Å²) < 4.78 is 30.7. The van der Waals surface area contributed by atoms with Gasteiger partial charge in [-0.15, -0.1) is 0 Å². The highest BCUT2D eigenvalue weighted by Crippen LogP contribution is 2.33. The molecule has 0 saturated heterocycles. The van der Waals surface area contributed by atoms with Crippen molar-refractivity contribution in [1.29, 1.82) is 0 Å². The maximum absolute atomic E-state index is 10.9. The van der Waals surface area contributed by atoms with Crippen LogP contribution in [-0.4, -0.2) is 18.2 Å². The molecule has 0 aliphatic heterocycles. The molecule has 0 aromatic rings. The third-order valence-electron chi connectivity index (χ3n) is 1.99. The molecule has 1 aliphatic rings. The molecule has 0 spiro atoms. The molecule has 4 heteroatoms. The summed E-state index contributed by atoms with van der Waals surface area (Å²) in [5.74, 6) is 0. The number of hydrogen-bond donors (Lipinski definition) is 1. The monoisotopic (exact) mass is 200 g/mol. The first-order valence-corrected chi connectivity index (χ1v) is 5.31. The van der Waals surface area contributed by atoms with Crippen LogP contribution in [0.4, 0.5) is 0 Å². The van der Waals surface area contributed by atoms with Gasteiger partial charge in [-0.05, 0) is 24.0 Å². The molecule has 1 rings (SSSR count). The van der Waals surface area contributed by atoms with E-state index in [-0.39, 0.29) is 0 Å². The lowest BCUT2D eigenvalue weighted by Gasteiger charge is -2.25. The van der Waals surface area contributed by atoms with E-state index in [0.29, 0.717) is 24.0 Å². The standard InChI is InChI=1S/C9H12O3S/c1-6-4-7(2)9(8(3)5-6)13(10,11)12/h9H,1-5H2,(H,10,11,12). The smallest absolute Gasteiger partial charge is 0.275 e. The molecule has 0 bridgehead atoms. The molecule has 1 saturated carbocycles. The van der Waals surface area contributed by atoms with Crippen LogP contribution >= 0.6 is 0 Å². The Hall–Kier alpha value is -0.870. The number of rotatable bonds is 1. The lowest BCUT2D eigenvalue weighted by molar-refractivity contribution is 0.475. The first-order valence-electron chi connectivity index (χ1n) is 3.80. The van der Waals surface area contributed by atoms with Crippen molar-refractivity contribution in [2.75, 3.05) is 0 Å². The van der Waals surface area contributed by atoms with Crippen molar-refractivity contribution in [2.24, 2.45) is 0 Å². The summed E-state index contributed by atoms with van der Waals surface area (Å²) in [4.78, 5) is 0. The van der Waals surface area contributed by atoms with Gasteiger partial charge in [-0.3, -0.25) is 4.55 Å². The van der Waals surface area contributed by atoms with Gasteiger partial charge < -0.3 is 0 Å². The van der Waals surface area contributed by atoms with Crippen LogP contribution in [0.3, 0.4) is 0 Å². The van der Waals surface area contributed by atoms with Crippen LogP contribution in [-0.2, 0) is 10.1 Å². The molecule has 0 aromatic heterocycles. The summed E-state index contributed by atoms with van der Waals surface area (Å²) in [5, 5.41) is -1.00. The van der Waals surface area contributed by atoms with Crippen LogP contribution in [0.1, 0.15) is 12.8 Å². The molecule has 13 heavy (non-hydrogen) atoms. The molecule has 3 nitrogen and oxygen atoms in total. The van der Waals surface area contributed by atoms with Gasteiger partial charge in [0, 0.05) is 0 Å². The Morgan fingerprint density at radius 2 is 1.54 bits per heavy atom. The molecule has 0 heterocycles. The van der Waals surface area contributed by atoms with E-state index in [2.05, 4.69) is 19.7 Å². The normalized spacial score (nSPS) is 20.8. The first-order chi connectivity index (χ1) is 5.82. The summed E-state index contributed by atoms with van der Waals surface area (Å²) in [7, 11) is -4.09. The van der Waals surface area contributed by atoms with E-state index < -0.39 is 15.4 Å². The molecule has 1 fully saturated rings. The minimum atomic E-state index is -4.09. The van der Waals surface area contributed by atoms with Gasteiger partial charge in [-0.25, -0.2) is 0 Å². The number of allylic oxidation sites excluding steroid dienone is 1. The Balaban J connectivity index is 3.06. The van der Waals surface area contributed by atoms with E-state index in [0.717, 1.165) is 5.57 Å². The van der Waals surface area contributed by atoms with Crippen LogP contribution in [0.2, 0.25) is 0 Å². The van der Waals surface area contributed by atoms with Crippen LogP contribution in [0.25, 0.3) is 0 Å². The highest BCUT2D eigenvalue weighted by molar-refractivity contribution is 7.86. The molecule has 0 atom stereocenters. The van der Waals surface area contributed by atoms with E-state index in [1.54, 1.807) is 0 Å². The van der Waals surface area contributed by atoms with Crippen molar-refractivity contribution in [3.05, 3.63) is 36.5 Å². The van der Waals surface area contributed by atoms with Crippen molar-refractivity contribution in [2.45, 2.75) is 18.1 Å². The van der Waals surface area contributed by atoms with E-state index in [1.165, 1.54) is 0 Å². The molecular weight excluding hydrogens is 188 g/mol. The van der Waals surface area contributed by atoms with Gasteiger partial charge in [0.05, 0.1) is 0 Å². The van der Waals surface area contributed by atoms with Crippen molar-refractivity contribution in [3.63, 3.8) is 0 Å². The van der Waals surface area contributed by atoms with Gasteiger partial charge in [0.2, 0.25) is 0 Å². The van der Waals surface area contributed by atoms with Gasteiger partial charge in [0.1, 0.15) is 5.25 Å². The molecule has 0 unspecified atom stereocenters. The summed E-state index contributed by atoms with van der Waals surface area (Å²) in [6.45, 7) is 10.9. The summed E-state index contributed by atoms with van der Waals surface area (Å²) in [6, 6.07) is 0. The van der Waals surface area contributed by atoms with Gasteiger partial charge in [0.25, 0.3) is 10.1 Å². The van der Waals surface area contributed by atoms with Crippen molar-refractivity contribution < 1.29 is 13.0 Å². The largest absolute Gasteiger partial charge is 0.285 e. The zero-order valence-corrected chi connectivity index (χ0v) is 8.10. The summed E-state index contributed by atoms with van der Waals surface area (Å²) >= 11 is 0. The Kier molecular flexibility index (Phi) is 2.45. The SMILES string of the molecule is C=C1CC(=C)C(S(=O)(=O)O)C(=C)C1. The average molecular weight is 200 g/mol. The lowest BCUT2D eigenvalue weighted by Crippen LogP contribution is -2.27. The highest BCUT2D eigenvalue weighted by atomic mass is 32.2. The minimum Gasteiger partial charge on any atom is -0.285 e. The van der Waals surface area contributed by atoms with Gasteiger partial charge in [-0.2, -0.15) is 8.42 Å². The second kappa shape index (κ2) is 3.12. The quantitative estimate of drug-likeness (QED) is 0.518. The fraction of sp³-hybridized carbons (Fsp3) is 0.333. The second-order valence-electron chi connectivity index (χ2n) is 3.32. The van der Waals surface area contributed by atoms with Crippen LogP contribution in [0.5, 0.6) is 0 Å². The first kappa shape index (κ1) is 10.2. The molecule has 0 amide bonds. The van der Waals surface area contributed by atoms with Crippen LogP contribution in [0, 0.1) is 0 Å². The van der Waals surface area contributed by atoms with Crippen molar-refractivity contribution >= 4 is 10.1 Å². The van der Waals surface area contributed by atoms with Crippen LogP contribution in [0.15, 0.2) is 36.5 Å². The lowest BCUT2D eigenvalue weighted by atomic mass is 9.88. The van der Waals surface area contributed by atoms with Crippen molar-refractivity contribution in [3.8, 4) is 0 Å². The fourth-order valence-electron chi connectivity index (χ4n) is 1.60. The minimum absolute atomic E-state index is 0.448.